The van der Waals surface area contributed by atoms with E-state index >= 15 is 0 Å². The van der Waals surface area contributed by atoms with Crippen molar-refractivity contribution in [2.75, 3.05) is 17.6 Å². The fourth-order valence-electron chi connectivity index (χ4n) is 2.21. The number of primary amides is 1. The predicted molar refractivity (Wildman–Crippen MR) is 111 cm³/mol. The molecule has 0 bridgehead atoms. The van der Waals surface area contributed by atoms with E-state index in [4.69, 9.17) is 5.73 Å². The van der Waals surface area contributed by atoms with E-state index < -0.39 is 5.91 Å². The monoisotopic (exact) mass is 449 g/mol. The fraction of sp³-hybridized carbons (Fsp3) is 0.211. The standard InChI is InChI=1S/C19H20BrN3O3S/c20-14-6-2-4-8-16(14)27-12-10-18(25)23-15-7-3-1-5-13(15)19(26)22-11-9-17(21)24/h1-8H,9-12H2,(H2,21,24)(H,22,26)(H,23,25). The van der Waals surface area contributed by atoms with E-state index in [-0.39, 0.29) is 24.8 Å². The van der Waals surface area contributed by atoms with Crippen LogP contribution >= 0.6 is 27.7 Å². The molecule has 142 valence electrons. The highest BCUT2D eigenvalue weighted by Gasteiger charge is 2.13. The van der Waals surface area contributed by atoms with Gasteiger partial charge in [0.25, 0.3) is 5.91 Å². The van der Waals surface area contributed by atoms with E-state index in [9.17, 15) is 14.4 Å². The third kappa shape index (κ3) is 7.07. The van der Waals surface area contributed by atoms with Crippen molar-refractivity contribution in [3.8, 4) is 0 Å². The van der Waals surface area contributed by atoms with Crippen LogP contribution in [-0.2, 0) is 9.59 Å². The molecule has 0 aromatic heterocycles. The Balaban J connectivity index is 1.89. The van der Waals surface area contributed by atoms with Crippen LogP contribution in [0.25, 0.3) is 0 Å². The molecule has 8 heteroatoms. The van der Waals surface area contributed by atoms with Gasteiger partial charge in [0.1, 0.15) is 0 Å². The van der Waals surface area contributed by atoms with Gasteiger partial charge in [-0.25, -0.2) is 0 Å². The number of hydrogen-bond acceptors (Lipinski definition) is 4. The van der Waals surface area contributed by atoms with Crippen LogP contribution in [0.1, 0.15) is 23.2 Å². The first-order valence-corrected chi connectivity index (χ1v) is 10.1. The zero-order chi connectivity index (χ0) is 19.6. The predicted octanol–water partition coefficient (Wildman–Crippen LogP) is 3.18. The molecule has 0 atom stereocenters. The van der Waals surface area contributed by atoms with Gasteiger partial charge in [-0.2, -0.15) is 0 Å². The van der Waals surface area contributed by atoms with Crippen molar-refractivity contribution in [1.82, 2.24) is 5.32 Å². The molecule has 0 aliphatic carbocycles. The minimum Gasteiger partial charge on any atom is -0.370 e. The minimum atomic E-state index is -0.487. The Morgan fingerprint density at radius 2 is 1.70 bits per heavy atom. The molecule has 27 heavy (non-hydrogen) atoms. The lowest BCUT2D eigenvalue weighted by molar-refractivity contribution is -0.118. The number of rotatable bonds is 9. The summed E-state index contributed by atoms with van der Waals surface area (Å²) in [5, 5.41) is 5.39. The number of nitrogens with two attached hydrogens (primary N) is 1. The number of benzene rings is 2. The van der Waals surface area contributed by atoms with Gasteiger partial charge in [-0.05, 0) is 40.2 Å². The normalized spacial score (nSPS) is 10.3. The summed E-state index contributed by atoms with van der Waals surface area (Å²) >= 11 is 5.06. The smallest absolute Gasteiger partial charge is 0.253 e. The van der Waals surface area contributed by atoms with Crippen molar-refractivity contribution >= 4 is 51.1 Å². The summed E-state index contributed by atoms with van der Waals surface area (Å²) in [6.07, 6.45) is 0.371. The number of nitrogens with one attached hydrogen (secondary N) is 2. The van der Waals surface area contributed by atoms with Crippen molar-refractivity contribution < 1.29 is 14.4 Å². The highest BCUT2D eigenvalue weighted by atomic mass is 79.9. The van der Waals surface area contributed by atoms with Crippen LogP contribution in [-0.4, -0.2) is 30.0 Å². The fourth-order valence-corrected chi connectivity index (χ4v) is 3.73. The highest BCUT2D eigenvalue weighted by Crippen LogP contribution is 2.27. The van der Waals surface area contributed by atoms with Crippen LogP contribution in [0.4, 0.5) is 5.69 Å². The number of thioether (sulfide) groups is 1. The first kappa shape index (κ1) is 21.0. The molecule has 0 radical (unpaired) electrons. The van der Waals surface area contributed by atoms with E-state index in [0.717, 1.165) is 9.37 Å². The summed E-state index contributed by atoms with van der Waals surface area (Å²) in [7, 11) is 0. The van der Waals surface area contributed by atoms with Gasteiger partial charge in [-0.1, -0.05) is 24.3 Å². The van der Waals surface area contributed by atoms with Crippen molar-refractivity contribution in [3.05, 3.63) is 58.6 Å². The molecule has 0 heterocycles. The molecule has 2 aromatic rings. The average molecular weight is 450 g/mol. The van der Waals surface area contributed by atoms with E-state index in [1.54, 1.807) is 36.0 Å². The molecule has 2 aromatic carbocycles. The Morgan fingerprint density at radius 1 is 1.00 bits per heavy atom. The Kier molecular flexibility index (Phi) is 8.35. The van der Waals surface area contributed by atoms with Crippen LogP contribution in [0.2, 0.25) is 0 Å². The molecular weight excluding hydrogens is 430 g/mol. The maximum absolute atomic E-state index is 12.2. The molecule has 0 spiro atoms. The molecule has 0 fully saturated rings. The first-order valence-electron chi connectivity index (χ1n) is 8.30. The topological polar surface area (TPSA) is 101 Å². The maximum Gasteiger partial charge on any atom is 0.253 e. The molecule has 0 aliphatic heterocycles. The van der Waals surface area contributed by atoms with Gasteiger partial charge in [-0.3, -0.25) is 14.4 Å². The van der Waals surface area contributed by atoms with Crippen molar-refractivity contribution in [2.45, 2.75) is 17.7 Å². The van der Waals surface area contributed by atoms with Crippen LogP contribution in [0.5, 0.6) is 0 Å². The number of para-hydroxylation sites is 1. The number of amides is 3. The van der Waals surface area contributed by atoms with Gasteiger partial charge in [-0.15, -0.1) is 11.8 Å². The van der Waals surface area contributed by atoms with Gasteiger partial charge in [0.05, 0.1) is 11.3 Å². The summed E-state index contributed by atoms with van der Waals surface area (Å²) < 4.78 is 0.994. The molecule has 3 amide bonds. The second kappa shape index (κ2) is 10.7. The summed E-state index contributed by atoms with van der Waals surface area (Å²) in [6.45, 7) is 0.152. The number of carbonyl (C=O) groups is 3. The zero-order valence-corrected chi connectivity index (χ0v) is 16.9. The summed E-state index contributed by atoms with van der Waals surface area (Å²) in [5.74, 6) is -0.414. The minimum absolute atomic E-state index is 0.0620. The van der Waals surface area contributed by atoms with E-state index in [0.29, 0.717) is 23.4 Å². The molecule has 0 unspecified atom stereocenters. The Labute approximate surface area is 170 Å². The van der Waals surface area contributed by atoms with Crippen LogP contribution in [0.15, 0.2) is 57.9 Å². The van der Waals surface area contributed by atoms with Crippen LogP contribution in [0, 0.1) is 0 Å². The van der Waals surface area contributed by atoms with Crippen molar-refractivity contribution in [2.24, 2.45) is 5.73 Å². The Bertz CT molecular complexity index is 829. The second-order valence-corrected chi connectivity index (χ2v) is 7.59. The first-order chi connectivity index (χ1) is 13.0. The third-order valence-electron chi connectivity index (χ3n) is 3.53. The van der Waals surface area contributed by atoms with Crippen LogP contribution < -0.4 is 16.4 Å². The van der Waals surface area contributed by atoms with Crippen molar-refractivity contribution in [1.29, 1.82) is 0 Å². The Morgan fingerprint density at radius 3 is 2.44 bits per heavy atom. The lowest BCUT2D eigenvalue weighted by atomic mass is 10.1. The largest absolute Gasteiger partial charge is 0.370 e. The average Bonchev–Trinajstić information content (AvgIpc) is 2.63. The molecular formula is C19H20BrN3O3S. The van der Waals surface area contributed by atoms with Gasteiger partial charge in [0, 0.05) is 34.5 Å². The summed E-state index contributed by atoms with van der Waals surface area (Å²) in [5.41, 5.74) is 5.84. The molecule has 6 nitrogen and oxygen atoms in total. The number of anilines is 1. The summed E-state index contributed by atoms with van der Waals surface area (Å²) in [4.78, 5) is 36.3. The third-order valence-corrected chi connectivity index (χ3v) is 5.56. The molecule has 4 N–H and O–H groups in total. The number of carbonyl (C=O) groups excluding carboxylic acids is 3. The molecule has 0 saturated carbocycles. The maximum atomic E-state index is 12.2. The lowest BCUT2D eigenvalue weighted by Crippen LogP contribution is -2.28. The van der Waals surface area contributed by atoms with Crippen LogP contribution in [0.3, 0.4) is 0 Å². The van der Waals surface area contributed by atoms with E-state index in [2.05, 4.69) is 26.6 Å². The summed E-state index contributed by atoms with van der Waals surface area (Å²) in [6, 6.07) is 14.6. The van der Waals surface area contributed by atoms with Gasteiger partial charge < -0.3 is 16.4 Å². The second-order valence-electron chi connectivity index (χ2n) is 5.59. The van der Waals surface area contributed by atoms with E-state index in [1.807, 2.05) is 24.3 Å². The Hall–Kier alpha value is -2.32. The molecule has 0 saturated heterocycles. The molecule has 0 aliphatic rings. The quantitative estimate of drug-likeness (QED) is 0.511. The number of hydrogen-bond donors (Lipinski definition) is 3. The lowest BCUT2D eigenvalue weighted by Gasteiger charge is -2.11. The van der Waals surface area contributed by atoms with Gasteiger partial charge in [0.15, 0.2) is 0 Å². The number of halogens is 1. The van der Waals surface area contributed by atoms with Gasteiger partial charge >= 0.3 is 0 Å². The van der Waals surface area contributed by atoms with Crippen molar-refractivity contribution in [3.63, 3.8) is 0 Å². The molecule has 2 rings (SSSR count). The van der Waals surface area contributed by atoms with E-state index in [1.165, 1.54) is 0 Å². The SMILES string of the molecule is NC(=O)CCNC(=O)c1ccccc1NC(=O)CCSc1ccccc1Br. The highest BCUT2D eigenvalue weighted by molar-refractivity contribution is 9.10. The zero-order valence-electron chi connectivity index (χ0n) is 14.5. The van der Waals surface area contributed by atoms with Gasteiger partial charge in [0.2, 0.25) is 11.8 Å².